The number of carboxylic acids is 1. The number of rotatable bonds is 4. The lowest BCUT2D eigenvalue weighted by molar-refractivity contribution is 0.0697. The minimum absolute atomic E-state index is 0.279. The smallest absolute Gasteiger partial charge is 0.335 e. The topological polar surface area (TPSA) is 90.9 Å². The first-order chi connectivity index (χ1) is 7.75. The fourth-order valence-electron chi connectivity index (χ4n) is 1.24. The standard InChI is InChI=1S/C10H10N4O2/c15-9(16)8-3-1-7(2-4-8)5-11-10-12-6-13-14-10/h1-4,6H,5H2,(H,15,16)(H2,11,12,13,14). The molecule has 0 saturated carbocycles. The molecule has 1 aromatic heterocycles. The molecule has 0 unspecified atom stereocenters. The molecular formula is C10H10N4O2. The molecule has 2 rings (SSSR count). The number of benzene rings is 1. The molecule has 0 aliphatic rings. The largest absolute Gasteiger partial charge is 0.478 e. The fourth-order valence-corrected chi connectivity index (χ4v) is 1.24. The molecular weight excluding hydrogens is 208 g/mol. The molecule has 3 N–H and O–H groups in total. The van der Waals surface area contributed by atoms with E-state index in [4.69, 9.17) is 5.11 Å². The van der Waals surface area contributed by atoms with E-state index in [1.165, 1.54) is 6.33 Å². The number of aromatic carboxylic acids is 1. The zero-order valence-electron chi connectivity index (χ0n) is 8.34. The fraction of sp³-hybridized carbons (Fsp3) is 0.100. The van der Waals surface area contributed by atoms with E-state index in [-0.39, 0.29) is 5.56 Å². The van der Waals surface area contributed by atoms with Gasteiger partial charge >= 0.3 is 5.97 Å². The van der Waals surface area contributed by atoms with Gasteiger partial charge < -0.3 is 10.4 Å². The van der Waals surface area contributed by atoms with E-state index < -0.39 is 5.97 Å². The third-order valence-electron chi connectivity index (χ3n) is 2.07. The van der Waals surface area contributed by atoms with Crippen molar-refractivity contribution in [1.82, 2.24) is 15.2 Å². The molecule has 0 fully saturated rings. The van der Waals surface area contributed by atoms with Gasteiger partial charge in [-0.05, 0) is 17.7 Å². The van der Waals surface area contributed by atoms with Crippen LogP contribution in [0.1, 0.15) is 15.9 Å². The average molecular weight is 218 g/mol. The summed E-state index contributed by atoms with van der Waals surface area (Å²) in [7, 11) is 0. The third kappa shape index (κ3) is 2.35. The Morgan fingerprint density at radius 1 is 1.38 bits per heavy atom. The summed E-state index contributed by atoms with van der Waals surface area (Å²) >= 11 is 0. The normalized spacial score (nSPS) is 10.0. The molecule has 0 saturated heterocycles. The van der Waals surface area contributed by atoms with E-state index in [2.05, 4.69) is 20.5 Å². The van der Waals surface area contributed by atoms with E-state index in [1.807, 2.05) is 0 Å². The van der Waals surface area contributed by atoms with Gasteiger partial charge in [0, 0.05) is 6.54 Å². The SMILES string of the molecule is O=C(O)c1ccc(CNc2nc[nH]n2)cc1. The highest BCUT2D eigenvalue weighted by Gasteiger charge is 2.01. The first-order valence-corrected chi connectivity index (χ1v) is 4.67. The number of nitrogens with one attached hydrogen (secondary N) is 2. The zero-order chi connectivity index (χ0) is 11.4. The van der Waals surface area contributed by atoms with Crippen LogP contribution < -0.4 is 5.32 Å². The summed E-state index contributed by atoms with van der Waals surface area (Å²) in [5.41, 5.74) is 1.25. The van der Waals surface area contributed by atoms with Crippen LogP contribution in [-0.4, -0.2) is 26.3 Å². The summed E-state index contributed by atoms with van der Waals surface area (Å²) in [4.78, 5) is 14.5. The maximum absolute atomic E-state index is 10.6. The molecule has 0 atom stereocenters. The van der Waals surface area contributed by atoms with Crippen molar-refractivity contribution in [3.63, 3.8) is 0 Å². The highest BCUT2D eigenvalue weighted by atomic mass is 16.4. The number of aromatic nitrogens is 3. The Labute approximate surface area is 91.3 Å². The van der Waals surface area contributed by atoms with Gasteiger partial charge in [0.25, 0.3) is 0 Å². The van der Waals surface area contributed by atoms with Crippen molar-refractivity contribution in [3.8, 4) is 0 Å². The van der Waals surface area contributed by atoms with Crippen molar-refractivity contribution in [2.45, 2.75) is 6.54 Å². The summed E-state index contributed by atoms with van der Waals surface area (Å²) in [6.07, 6.45) is 1.48. The number of hydrogen-bond acceptors (Lipinski definition) is 4. The van der Waals surface area contributed by atoms with Crippen molar-refractivity contribution in [2.24, 2.45) is 0 Å². The van der Waals surface area contributed by atoms with E-state index in [0.29, 0.717) is 12.5 Å². The molecule has 1 heterocycles. The summed E-state index contributed by atoms with van der Waals surface area (Å²) in [5, 5.41) is 18.1. The van der Waals surface area contributed by atoms with E-state index in [9.17, 15) is 4.79 Å². The number of aromatic amines is 1. The quantitative estimate of drug-likeness (QED) is 0.715. The van der Waals surface area contributed by atoms with E-state index in [1.54, 1.807) is 24.3 Å². The van der Waals surface area contributed by atoms with E-state index in [0.717, 1.165) is 5.56 Å². The molecule has 6 heteroatoms. The van der Waals surface area contributed by atoms with Gasteiger partial charge in [-0.2, -0.15) is 0 Å². The number of anilines is 1. The molecule has 82 valence electrons. The zero-order valence-corrected chi connectivity index (χ0v) is 8.34. The van der Waals surface area contributed by atoms with Gasteiger partial charge in [-0.3, -0.25) is 5.10 Å². The van der Waals surface area contributed by atoms with Crippen LogP contribution in [0.15, 0.2) is 30.6 Å². The molecule has 0 spiro atoms. The summed E-state index contributed by atoms with van der Waals surface area (Å²) in [5.74, 6) is -0.407. The second-order valence-corrected chi connectivity index (χ2v) is 3.18. The highest BCUT2D eigenvalue weighted by Crippen LogP contribution is 2.06. The number of H-pyrrole nitrogens is 1. The van der Waals surface area contributed by atoms with Crippen molar-refractivity contribution < 1.29 is 9.90 Å². The Morgan fingerprint density at radius 3 is 2.69 bits per heavy atom. The Hall–Kier alpha value is -2.37. The molecule has 0 aliphatic carbocycles. The summed E-state index contributed by atoms with van der Waals surface area (Å²) < 4.78 is 0. The van der Waals surface area contributed by atoms with Crippen LogP contribution >= 0.6 is 0 Å². The predicted molar refractivity (Wildman–Crippen MR) is 57.1 cm³/mol. The van der Waals surface area contributed by atoms with Crippen molar-refractivity contribution in [1.29, 1.82) is 0 Å². The number of hydrogen-bond donors (Lipinski definition) is 3. The van der Waals surface area contributed by atoms with Crippen LogP contribution in [0.3, 0.4) is 0 Å². The van der Waals surface area contributed by atoms with Gasteiger partial charge in [-0.1, -0.05) is 12.1 Å². The van der Waals surface area contributed by atoms with Crippen LogP contribution in [0.25, 0.3) is 0 Å². The maximum atomic E-state index is 10.6. The maximum Gasteiger partial charge on any atom is 0.335 e. The second kappa shape index (κ2) is 4.43. The monoisotopic (exact) mass is 218 g/mol. The first kappa shape index (κ1) is 10.2. The lowest BCUT2D eigenvalue weighted by Crippen LogP contribution is -2.02. The van der Waals surface area contributed by atoms with Crippen LogP contribution in [0, 0.1) is 0 Å². The minimum Gasteiger partial charge on any atom is -0.478 e. The Kier molecular flexibility index (Phi) is 2.81. The van der Waals surface area contributed by atoms with Crippen LogP contribution in [0.2, 0.25) is 0 Å². The van der Waals surface area contributed by atoms with Crippen molar-refractivity contribution >= 4 is 11.9 Å². The lowest BCUT2D eigenvalue weighted by atomic mass is 10.1. The second-order valence-electron chi connectivity index (χ2n) is 3.18. The molecule has 0 radical (unpaired) electrons. The van der Waals surface area contributed by atoms with Crippen molar-refractivity contribution in [2.75, 3.05) is 5.32 Å². The lowest BCUT2D eigenvalue weighted by Gasteiger charge is -2.02. The molecule has 6 nitrogen and oxygen atoms in total. The van der Waals surface area contributed by atoms with Crippen LogP contribution in [-0.2, 0) is 6.54 Å². The van der Waals surface area contributed by atoms with Gasteiger partial charge in [-0.15, -0.1) is 5.10 Å². The Bertz CT molecular complexity index is 464. The minimum atomic E-state index is -0.923. The summed E-state index contributed by atoms with van der Waals surface area (Å²) in [6.45, 7) is 0.553. The van der Waals surface area contributed by atoms with E-state index >= 15 is 0 Å². The van der Waals surface area contributed by atoms with Crippen molar-refractivity contribution in [3.05, 3.63) is 41.7 Å². The number of carboxylic acid groups (broad SMARTS) is 1. The molecule has 0 bridgehead atoms. The number of nitrogens with zero attached hydrogens (tertiary/aromatic N) is 2. The van der Waals surface area contributed by atoms with Gasteiger partial charge in [0.1, 0.15) is 6.33 Å². The van der Waals surface area contributed by atoms with Crippen LogP contribution in [0.4, 0.5) is 5.95 Å². The summed E-state index contributed by atoms with van der Waals surface area (Å²) in [6, 6.07) is 6.64. The average Bonchev–Trinajstić information content (AvgIpc) is 2.80. The molecule has 0 aliphatic heterocycles. The number of carbonyl (C=O) groups is 1. The Balaban J connectivity index is 1.98. The molecule has 2 aromatic rings. The highest BCUT2D eigenvalue weighted by molar-refractivity contribution is 5.87. The molecule has 0 amide bonds. The van der Waals surface area contributed by atoms with Gasteiger partial charge in [0.2, 0.25) is 5.95 Å². The Morgan fingerprint density at radius 2 is 2.12 bits per heavy atom. The van der Waals surface area contributed by atoms with Gasteiger partial charge in [0.15, 0.2) is 0 Å². The van der Waals surface area contributed by atoms with Gasteiger partial charge in [-0.25, -0.2) is 9.78 Å². The molecule has 1 aromatic carbocycles. The van der Waals surface area contributed by atoms with Crippen LogP contribution in [0.5, 0.6) is 0 Å². The third-order valence-corrected chi connectivity index (χ3v) is 2.07. The van der Waals surface area contributed by atoms with Gasteiger partial charge in [0.05, 0.1) is 5.56 Å². The predicted octanol–water partition coefficient (Wildman–Crippen LogP) is 1.11. The molecule has 16 heavy (non-hydrogen) atoms. The first-order valence-electron chi connectivity index (χ1n) is 4.67.